The molecule has 2 N–H and O–H groups in total. The summed E-state index contributed by atoms with van der Waals surface area (Å²) in [5.74, 6) is -2.31. The zero-order valence-corrected chi connectivity index (χ0v) is 16.3. The Kier molecular flexibility index (Phi) is 5.64. The predicted molar refractivity (Wildman–Crippen MR) is 104 cm³/mol. The first-order chi connectivity index (χ1) is 13.3. The van der Waals surface area contributed by atoms with E-state index in [2.05, 4.69) is 20.6 Å². The molecule has 0 saturated heterocycles. The fourth-order valence-corrected chi connectivity index (χ4v) is 3.96. The molecular formula is C19H18F2N4O2S. The van der Waals surface area contributed by atoms with Crippen LogP contribution in [0.4, 0.5) is 14.5 Å². The minimum absolute atomic E-state index is 0.106. The molecule has 0 aliphatic carbocycles. The minimum Gasteiger partial charge on any atom is -0.342 e. The Bertz CT molecular complexity index is 1080. The molecule has 6 nitrogen and oxygen atoms in total. The van der Waals surface area contributed by atoms with Gasteiger partial charge in [0.2, 0.25) is 5.91 Å². The van der Waals surface area contributed by atoms with E-state index in [4.69, 9.17) is 0 Å². The SMILES string of the molecule is CCc1nc(C)c2c(C)c(C(=O)NCC(=O)Nc3ccc(F)c(F)c3)sc2n1. The van der Waals surface area contributed by atoms with Crippen LogP contribution in [0.5, 0.6) is 0 Å². The van der Waals surface area contributed by atoms with Crippen LogP contribution >= 0.6 is 11.3 Å². The van der Waals surface area contributed by atoms with Gasteiger partial charge in [0.05, 0.1) is 11.4 Å². The lowest BCUT2D eigenvalue weighted by Crippen LogP contribution is -2.32. The van der Waals surface area contributed by atoms with Crippen molar-refractivity contribution >= 4 is 39.1 Å². The largest absolute Gasteiger partial charge is 0.342 e. The van der Waals surface area contributed by atoms with Crippen LogP contribution in [0.25, 0.3) is 10.2 Å². The number of aromatic nitrogens is 2. The van der Waals surface area contributed by atoms with Crippen molar-refractivity contribution in [2.75, 3.05) is 11.9 Å². The van der Waals surface area contributed by atoms with Gasteiger partial charge in [0, 0.05) is 29.3 Å². The third kappa shape index (κ3) is 3.99. The molecule has 1 aromatic carbocycles. The van der Waals surface area contributed by atoms with Gasteiger partial charge < -0.3 is 10.6 Å². The summed E-state index contributed by atoms with van der Waals surface area (Å²) >= 11 is 1.25. The van der Waals surface area contributed by atoms with Gasteiger partial charge in [-0.1, -0.05) is 6.92 Å². The molecule has 0 fully saturated rings. The first kappa shape index (κ1) is 19.8. The molecule has 2 aromatic heterocycles. The molecule has 0 aliphatic heterocycles. The van der Waals surface area contributed by atoms with Crippen molar-refractivity contribution in [2.24, 2.45) is 0 Å². The molecule has 0 bridgehead atoms. The number of nitrogens with zero attached hydrogens (tertiary/aromatic N) is 2. The number of aryl methyl sites for hydroxylation is 3. The summed E-state index contributed by atoms with van der Waals surface area (Å²) in [6.45, 7) is 5.34. The van der Waals surface area contributed by atoms with Gasteiger partial charge >= 0.3 is 0 Å². The van der Waals surface area contributed by atoms with E-state index in [1.54, 1.807) is 0 Å². The molecule has 3 aromatic rings. The lowest BCUT2D eigenvalue weighted by molar-refractivity contribution is -0.115. The van der Waals surface area contributed by atoms with Gasteiger partial charge in [-0.3, -0.25) is 9.59 Å². The number of carbonyl (C=O) groups excluding carboxylic acids is 2. The van der Waals surface area contributed by atoms with Crippen molar-refractivity contribution in [3.63, 3.8) is 0 Å². The van der Waals surface area contributed by atoms with Crippen LogP contribution in [-0.2, 0) is 11.2 Å². The highest BCUT2D eigenvalue weighted by atomic mass is 32.1. The summed E-state index contributed by atoms with van der Waals surface area (Å²) < 4.78 is 26.1. The smallest absolute Gasteiger partial charge is 0.262 e. The van der Waals surface area contributed by atoms with E-state index in [-0.39, 0.29) is 12.2 Å². The van der Waals surface area contributed by atoms with Crippen molar-refractivity contribution in [1.82, 2.24) is 15.3 Å². The minimum atomic E-state index is -1.06. The number of hydrogen-bond donors (Lipinski definition) is 2. The van der Waals surface area contributed by atoms with Crippen molar-refractivity contribution in [1.29, 1.82) is 0 Å². The lowest BCUT2D eigenvalue weighted by atomic mass is 10.1. The van der Waals surface area contributed by atoms with Crippen LogP contribution in [0.1, 0.15) is 33.7 Å². The highest BCUT2D eigenvalue weighted by Crippen LogP contribution is 2.31. The molecule has 3 rings (SSSR count). The molecule has 0 radical (unpaired) electrons. The fraction of sp³-hybridized carbons (Fsp3) is 0.263. The number of carbonyl (C=O) groups is 2. The summed E-state index contributed by atoms with van der Waals surface area (Å²) in [5, 5.41) is 5.79. The maximum atomic E-state index is 13.2. The second-order valence-corrected chi connectivity index (χ2v) is 7.17. The molecule has 0 aliphatic rings. The molecule has 0 spiro atoms. The topological polar surface area (TPSA) is 84.0 Å². The Morgan fingerprint density at radius 2 is 1.89 bits per heavy atom. The number of halogens is 2. The van der Waals surface area contributed by atoms with E-state index < -0.39 is 23.4 Å². The number of thiophene rings is 1. The molecule has 28 heavy (non-hydrogen) atoms. The highest BCUT2D eigenvalue weighted by molar-refractivity contribution is 7.20. The summed E-state index contributed by atoms with van der Waals surface area (Å²) in [6, 6.07) is 3.02. The zero-order chi connectivity index (χ0) is 20.4. The summed E-state index contributed by atoms with van der Waals surface area (Å²) in [4.78, 5) is 34.6. The molecule has 0 atom stereocenters. The van der Waals surface area contributed by atoms with Crippen LogP contribution in [0.3, 0.4) is 0 Å². The Labute approximate surface area is 164 Å². The normalized spacial score (nSPS) is 10.9. The Morgan fingerprint density at radius 1 is 1.14 bits per heavy atom. The van der Waals surface area contributed by atoms with Crippen LogP contribution < -0.4 is 10.6 Å². The Hall–Kier alpha value is -2.94. The van der Waals surface area contributed by atoms with E-state index in [0.717, 1.165) is 33.6 Å². The number of benzene rings is 1. The Balaban J connectivity index is 1.70. The van der Waals surface area contributed by atoms with Gasteiger partial charge in [0.15, 0.2) is 11.6 Å². The third-order valence-electron chi connectivity index (χ3n) is 4.15. The summed E-state index contributed by atoms with van der Waals surface area (Å²) in [6.07, 6.45) is 0.694. The molecule has 2 amide bonds. The Morgan fingerprint density at radius 3 is 2.57 bits per heavy atom. The van der Waals surface area contributed by atoms with Crippen LogP contribution in [0.2, 0.25) is 0 Å². The summed E-state index contributed by atoms with van der Waals surface area (Å²) in [7, 11) is 0. The standard InChI is InChI=1S/C19H18F2N4O2S/c1-4-14-23-10(3)16-9(2)17(28-19(16)25-14)18(27)22-8-15(26)24-11-5-6-12(20)13(21)7-11/h5-7H,4,8H2,1-3H3,(H,22,27)(H,24,26). The number of anilines is 1. The molecule has 0 saturated carbocycles. The quantitative estimate of drug-likeness (QED) is 0.682. The maximum Gasteiger partial charge on any atom is 0.262 e. The number of fused-ring (bicyclic) bond motifs is 1. The average molecular weight is 404 g/mol. The average Bonchev–Trinajstić information content (AvgIpc) is 2.99. The first-order valence-electron chi connectivity index (χ1n) is 8.59. The number of hydrogen-bond acceptors (Lipinski definition) is 5. The van der Waals surface area contributed by atoms with Gasteiger partial charge in [0.25, 0.3) is 5.91 Å². The molecule has 146 valence electrons. The van der Waals surface area contributed by atoms with E-state index >= 15 is 0 Å². The van der Waals surface area contributed by atoms with Gasteiger partial charge in [0.1, 0.15) is 10.7 Å². The monoisotopic (exact) mass is 404 g/mol. The summed E-state index contributed by atoms with van der Waals surface area (Å²) in [5.41, 5.74) is 1.68. The third-order valence-corrected chi connectivity index (χ3v) is 5.34. The number of rotatable bonds is 5. The zero-order valence-electron chi connectivity index (χ0n) is 15.5. The van der Waals surface area contributed by atoms with Crippen molar-refractivity contribution < 1.29 is 18.4 Å². The lowest BCUT2D eigenvalue weighted by Gasteiger charge is -2.07. The van der Waals surface area contributed by atoms with E-state index in [1.807, 2.05) is 20.8 Å². The first-order valence-corrected chi connectivity index (χ1v) is 9.41. The van der Waals surface area contributed by atoms with Gasteiger partial charge in [-0.2, -0.15) is 0 Å². The van der Waals surface area contributed by atoms with Crippen LogP contribution in [-0.4, -0.2) is 28.3 Å². The van der Waals surface area contributed by atoms with Crippen molar-refractivity contribution in [3.05, 3.63) is 51.8 Å². The van der Waals surface area contributed by atoms with Crippen molar-refractivity contribution in [3.8, 4) is 0 Å². The number of amides is 2. The van der Waals surface area contributed by atoms with E-state index in [1.165, 1.54) is 17.4 Å². The van der Waals surface area contributed by atoms with Gasteiger partial charge in [-0.25, -0.2) is 18.7 Å². The maximum absolute atomic E-state index is 13.2. The second kappa shape index (κ2) is 7.97. The second-order valence-electron chi connectivity index (χ2n) is 6.17. The molecule has 0 unspecified atom stereocenters. The molecule has 9 heteroatoms. The highest BCUT2D eigenvalue weighted by Gasteiger charge is 2.19. The van der Waals surface area contributed by atoms with E-state index in [9.17, 15) is 18.4 Å². The predicted octanol–water partition coefficient (Wildman–Crippen LogP) is 3.52. The fourth-order valence-electron chi connectivity index (χ4n) is 2.79. The van der Waals surface area contributed by atoms with E-state index in [0.29, 0.717) is 17.1 Å². The van der Waals surface area contributed by atoms with Gasteiger partial charge in [-0.05, 0) is 31.5 Å². The molecule has 2 heterocycles. The van der Waals surface area contributed by atoms with Gasteiger partial charge in [-0.15, -0.1) is 11.3 Å². The number of nitrogens with one attached hydrogen (secondary N) is 2. The van der Waals surface area contributed by atoms with Crippen molar-refractivity contribution in [2.45, 2.75) is 27.2 Å². The van der Waals surface area contributed by atoms with Crippen LogP contribution in [0.15, 0.2) is 18.2 Å². The van der Waals surface area contributed by atoms with Crippen LogP contribution in [0, 0.1) is 25.5 Å². The molecular weight excluding hydrogens is 386 g/mol.